The van der Waals surface area contributed by atoms with Gasteiger partial charge in [-0.25, -0.2) is 0 Å². The van der Waals surface area contributed by atoms with Gasteiger partial charge in [0.05, 0.1) is 0 Å². The fraction of sp³-hybridized carbons (Fsp3) is 0.318. The fourth-order valence-corrected chi connectivity index (χ4v) is 3.38. The van der Waals surface area contributed by atoms with E-state index < -0.39 is 0 Å². The van der Waals surface area contributed by atoms with Crippen LogP contribution in [0.3, 0.4) is 0 Å². The molecule has 2 aromatic carbocycles. The Balaban J connectivity index is 1.51. The van der Waals surface area contributed by atoms with E-state index in [0.29, 0.717) is 0 Å². The monoisotopic (exact) mass is 334 g/mol. The first-order valence-electron chi connectivity index (χ1n) is 8.92. The van der Waals surface area contributed by atoms with Gasteiger partial charge >= 0.3 is 0 Å². The van der Waals surface area contributed by atoms with E-state index in [1.54, 1.807) is 6.08 Å². The summed E-state index contributed by atoms with van der Waals surface area (Å²) in [6, 6.07) is 16.7. The van der Waals surface area contributed by atoms with E-state index in [-0.39, 0.29) is 5.91 Å². The summed E-state index contributed by atoms with van der Waals surface area (Å²) < 4.78 is 0. The van der Waals surface area contributed by atoms with E-state index in [0.717, 1.165) is 38.3 Å². The molecule has 1 saturated heterocycles. The Kier molecular flexibility index (Phi) is 5.67. The molecule has 3 heteroatoms. The Morgan fingerprint density at radius 1 is 0.960 bits per heavy atom. The summed E-state index contributed by atoms with van der Waals surface area (Å²) in [5.74, 6) is 0.106. The first-order chi connectivity index (χ1) is 12.1. The average molecular weight is 334 g/mol. The van der Waals surface area contributed by atoms with Gasteiger partial charge in [0, 0.05) is 38.8 Å². The van der Waals surface area contributed by atoms with Crippen LogP contribution < -0.4 is 0 Å². The number of carbonyl (C=O) groups is 1. The second-order valence-corrected chi connectivity index (χ2v) is 6.84. The standard InChI is InChI=1S/C22H26N2O/c1-18-14-19(2)16-21(15-18)17-23-10-12-24(13-11-23)22(25)9-8-20-6-4-3-5-7-20/h3-9,14-16H,10-13,17H2,1-2H3. The molecule has 1 fully saturated rings. The van der Waals surface area contributed by atoms with Crippen molar-refractivity contribution >= 4 is 12.0 Å². The van der Waals surface area contributed by atoms with Crippen molar-refractivity contribution in [2.45, 2.75) is 20.4 Å². The van der Waals surface area contributed by atoms with Gasteiger partial charge in [0.25, 0.3) is 0 Å². The van der Waals surface area contributed by atoms with Gasteiger partial charge < -0.3 is 4.90 Å². The van der Waals surface area contributed by atoms with Crippen molar-refractivity contribution in [3.05, 3.63) is 76.9 Å². The van der Waals surface area contributed by atoms with Crippen LogP contribution in [0.25, 0.3) is 6.08 Å². The van der Waals surface area contributed by atoms with Crippen LogP contribution in [0, 0.1) is 13.8 Å². The molecule has 0 N–H and O–H groups in total. The molecule has 3 nitrogen and oxygen atoms in total. The zero-order valence-corrected chi connectivity index (χ0v) is 15.1. The zero-order valence-electron chi connectivity index (χ0n) is 15.1. The van der Waals surface area contributed by atoms with Crippen LogP contribution in [-0.2, 0) is 11.3 Å². The Labute approximate surface area is 150 Å². The molecule has 1 aliphatic heterocycles. The van der Waals surface area contributed by atoms with Gasteiger partial charge in [-0.3, -0.25) is 9.69 Å². The maximum atomic E-state index is 12.3. The Hall–Kier alpha value is -2.39. The number of rotatable bonds is 4. The average Bonchev–Trinajstić information content (AvgIpc) is 2.60. The molecule has 0 saturated carbocycles. The number of hydrogen-bond donors (Lipinski definition) is 0. The zero-order chi connectivity index (χ0) is 17.6. The van der Waals surface area contributed by atoms with Gasteiger partial charge in [-0.2, -0.15) is 0 Å². The largest absolute Gasteiger partial charge is 0.337 e. The van der Waals surface area contributed by atoms with Crippen LogP contribution in [-0.4, -0.2) is 41.9 Å². The lowest BCUT2D eigenvalue weighted by Gasteiger charge is -2.34. The topological polar surface area (TPSA) is 23.6 Å². The van der Waals surface area contributed by atoms with E-state index in [2.05, 4.69) is 36.9 Å². The third-order valence-electron chi connectivity index (χ3n) is 4.59. The Morgan fingerprint density at radius 3 is 2.24 bits per heavy atom. The van der Waals surface area contributed by atoms with Gasteiger partial charge in [-0.1, -0.05) is 59.7 Å². The molecule has 2 aromatic rings. The van der Waals surface area contributed by atoms with Crippen molar-refractivity contribution in [2.24, 2.45) is 0 Å². The van der Waals surface area contributed by atoms with Crippen molar-refractivity contribution in [3.63, 3.8) is 0 Å². The van der Waals surface area contributed by atoms with Crippen LogP contribution in [0.5, 0.6) is 0 Å². The first kappa shape index (κ1) is 17.4. The van der Waals surface area contributed by atoms with E-state index in [1.165, 1.54) is 16.7 Å². The summed E-state index contributed by atoms with van der Waals surface area (Å²) in [5.41, 5.74) is 5.05. The second-order valence-electron chi connectivity index (χ2n) is 6.84. The van der Waals surface area contributed by atoms with Crippen LogP contribution >= 0.6 is 0 Å². The van der Waals surface area contributed by atoms with Gasteiger partial charge in [0.1, 0.15) is 0 Å². The number of benzene rings is 2. The predicted octanol–water partition coefficient (Wildman–Crippen LogP) is 3.66. The molecule has 0 aliphatic carbocycles. The van der Waals surface area contributed by atoms with Crippen molar-refractivity contribution in [2.75, 3.05) is 26.2 Å². The van der Waals surface area contributed by atoms with E-state index in [1.807, 2.05) is 41.3 Å². The molecule has 0 bridgehead atoms. The first-order valence-corrected chi connectivity index (χ1v) is 8.92. The lowest BCUT2D eigenvalue weighted by Crippen LogP contribution is -2.47. The van der Waals surface area contributed by atoms with E-state index in [9.17, 15) is 4.79 Å². The number of aryl methyl sites for hydroxylation is 2. The molecule has 0 atom stereocenters. The maximum Gasteiger partial charge on any atom is 0.246 e. The normalized spacial score (nSPS) is 15.7. The van der Waals surface area contributed by atoms with Crippen molar-refractivity contribution < 1.29 is 4.79 Å². The quantitative estimate of drug-likeness (QED) is 0.797. The fourth-order valence-electron chi connectivity index (χ4n) is 3.38. The van der Waals surface area contributed by atoms with Crippen LogP contribution in [0.4, 0.5) is 0 Å². The summed E-state index contributed by atoms with van der Waals surface area (Å²) >= 11 is 0. The smallest absolute Gasteiger partial charge is 0.246 e. The van der Waals surface area contributed by atoms with Gasteiger partial charge in [-0.05, 0) is 31.1 Å². The summed E-state index contributed by atoms with van der Waals surface area (Å²) in [7, 11) is 0. The second kappa shape index (κ2) is 8.13. The van der Waals surface area contributed by atoms with Gasteiger partial charge in [0.2, 0.25) is 5.91 Å². The van der Waals surface area contributed by atoms with Crippen molar-refractivity contribution in [1.82, 2.24) is 9.80 Å². The molecule has 25 heavy (non-hydrogen) atoms. The number of carbonyl (C=O) groups excluding carboxylic acids is 1. The number of hydrogen-bond acceptors (Lipinski definition) is 2. The summed E-state index contributed by atoms with van der Waals surface area (Å²) in [4.78, 5) is 16.7. The SMILES string of the molecule is Cc1cc(C)cc(CN2CCN(C(=O)C=Cc3ccccc3)CC2)c1. The summed E-state index contributed by atoms with van der Waals surface area (Å²) in [5, 5.41) is 0. The molecule has 3 rings (SSSR count). The molecule has 0 spiro atoms. The molecule has 1 heterocycles. The van der Waals surface area contributed by atoms with Crippen LogP contribution in [0.1, 0.15) is 22.3 Å². The van der Waals surface area contributed by atoms with Crippen molar-refractivity contribution in [3.8, 4) is 0 Å². The number of amides is 1. The molecular weight excluding hydrogens is 308 g/mol. The minimum absolute atomic E-state index is 0.106. The Morgan fingerprint density at radius 2 is 1.60 bits per heavy atom. The molecule has 0 unspecified atom stereocenters. The molecule has 1 amide bonds. The van der Waals surface area contributed by atoms with E-state index in [4.69, 9.17) is 0 Å². The van der Waals surface area contributed by atoms with Crippen LogP contribution in [0.15, 0.2) is 54.6 Å². The predicted molar refractivity (Wildman–Crippen MR) is 103 cm³/mol. The van der Waals surface area contributed by atoms with Gasteiger partial charge in [-0.15, -0.1) is 0 Å². The van der Waals surface area contributed by atoms with Crippen LogP contribution in [0.2, 0.25) is 0 Å². The minimum Gasteiger partial charge on any atom is -0.337 e. The molecule has 1 aliphatic rings. The van der Waals surface area contributed by atoms with E-state index >= 15 is 0 Å². The number of nitrogens with zero attached hydrogens (tertiary/aromatic N) is 2. The third-order valence-corrected chi connectivity index (χ3v) is 4.59. The summed E-state index contributed by atoms with van der Waals surface area (Å²) in [6.45, 7) is 8.70. The third kappa shape index (κ3) is 5.04. The summed E-state index contributed by atoms with van der Waals surface area (Å²) in [6.07, 6.45) is 3.58. The Bertz CT molecular complexity index is 724. The highest BCUT2D eigenvalue weighted by atomic mass is 16.2. The molecular formula is C22H26N2O. The lowest BCUT2D eigenvalue weighted by molar-refractivity contribution is -0.127. The number of piperazine rings is 1. The highest BCUT2D eigenvalue weighted by molar-refractivity contribution is 5.91. The maximum absolute atomic E-state index is 12.3. The van der Waals surface area contributed by atoms with Gasteiger partial charge in [0.15, 0.2) is 0 Å². The highest BCUT2D eigenvalue weighted by Crippen LogP contribution is 2.13. The lowest BCUT2D eigenvalue weighted by atomic mass is 10.1. The molecule has 0 radical (unpaired) electrons. The molecule has 130 valence electrons. The molecule has 0 aromatic heterocycles. The minimum atomic E-state index is 0.106. The van der Waals surface area contributed by atoms with Crippen molar-refractivity contribution in [1.29, 1.82) is 0 Å². The highest BCUT2D eigenvalue weighted by Gasteiger charge is 2.19.